The number of halogens is 2. The molecule has 31 heavy (non-hydrogen) atoms. The molecule has 1 atom stereocenters. The van der Waals surface area contributed by atoms with Gasteiger partial charge in [0, 0.05) is 17.7 Å². The summed E-state index contributed by atoms with van der Waals surface area (Å²) in [6, 6.07) is 4.34. The van der Waals surface area contributed by atoms with Crippen molar-refractivity contribution >= 4 is 28.8 Å². The molecular weight excluding hydrogens is 449 g/mol. The van der Waals surface area contributed by atoms with Gasteiger partial charge in [0.15, 0.2) is 10.9 Å². The van der Waals surface area contributed by atoms with Crippen LogP contribution in [0.1, 0.15) is 34.5 Å². The Bertz CT molecular complexity index is 1230. The number of nitrogens with one attached hydrogen (secondary N) is 2. The molecule has 1 fully saturated rings. The minimum atomic E-state index is -0.817. The molecule has 0 spiro atoms. The summed E-state index contributed by atoms with van der Waals surface area (Å²) in [5, 5.41) is 6.27. The molecule has 1 aliphatic heterocycles. The van der Waals surface area contributed by atoms with Gasteiger partial charge in [-0.05, 0) is 37.5 Å². The predicted octanol–water partition coefficient (Wildman–Crippen LogP) is 2.00. The largest absolute Gasteiger partial charge is 0.368 e. The summed E-state index contributed by atoms with van der Waals surface area (Å²) in [5.41, 5.74) is -2.21. The van der Waals surface area contributed by atoms with Crippen LogP contribution >= 0.6 is 22.9 Å². The van der Waals surface area contributed by atoms with Crippen molar-refractivity contribution in [3.63, 3.8) is 0 Å². The second kappa shape index (κ2) is 8.69. The fourth-order valence-electron chi connectivity index (χ4n) is 3.38. The van der Waals surface area contributed by atoms with Crippen LogP contribution in [-0.4, -0.2) is 38.8 Å². The quantitative estimate of drug-likeness (QED) is 0.594. The number of H-pyrrole nitrogens is 1. The molecule has 0 radical (unpaired) electrons. The Labute approximate surface area is 183 Å². The van der Waals surface area contributed by atoms with Gasteiger partial charge < -0.3 is 10.1 Å². The minimum absolute atomic E-state index is 0.0137. The van der Waals surface area contributed by atoms with Gasteiger partial charge in [0.2, 0.25) is 0 Å². The first-order valence-electron chi connectivity index (χ1n) is 9.40. The molecule has 1 aliphatic rings. The monoisotopic (exact) mass is 465 g/mol. The topological polar surface area (TPSA) is 119 Å². The number of hydrogen-bond acceptors (Lipinski definition) is 7. The van der Waals surface area contributed by atoms with Crippen LogP contribution in [0.5, 0.6) is 0 Å². The van der Waals surface area contributed by atoms with Crippen molar-refractivity contribution in [1.29, 1.82) is 0 Å². The lowest BCUT2D eigenvalue weighted by Crippen LogP contribution is -2.44. The molecule has 1 amide bonds. The van der Waals surface area contributed by atoms with Crippen LogP contribution in [0.3, 0.4) is 0 Å². The van der Waals surface area contributed by atoms with Gasteiger partial charge in [-0.25, -0.2) is 9.78 Å². The van der Waals surface area contributed by atoms with Crippen LogP contribution in [-0.2, 0) is 10.3 Å². The standard InChI is InChI=1S/C19H17ClFN5O4S/c20-12-8-22-15(26-18(29)25-16(27)9-24-26)7-11(12)17(28)23-10-19(5-1-2-6-30-19)13-3-4-14(21)31-13/h3-4,7-9H,1-2,5-6,10H2,(H,23,28)(H,25,27,29). The Kier molecular flexibility index (Phi) is 5.99. The minimum Gasteiger partial charge on any atom is -0.368 e. The van der Waals surface area contributed by atoms with Crippen LogP contribution in [0, 0.1) is 5.13 Å². The van der Waals surface area contributed by atoms with E-state index < -0.39 is 22.8 Å². The number of amides is 1. The molecular formula is C19H17ClFN5O4S. The molecule has 0 aromatic carbocycles. The third kappa shape index (κ3) is 4.43. The zero-order valence-electron chi connectivity index (χ0n) is 16.1. The summed E-state index contributed by atoms with van der Waals surface area (Å²) in [6.07, 6.45) is 4.55. The maximum atomic E-state index is 13.6. The lowest BCUT2D eigenvalue weighted by atomic mass is 9.92. The SMILES string of the molecule is O=C(NCC1(c2ccc(F)s2)CCCCO1)c1cc(-n2ncc(=O)[nH]c2=O)ncc1Cl. The first-order valence-corrected chi connectivity index (χ1v) is 10.6. The highest BCUT2D eigenvalue weighted by Gasteiger charge is 2.37. The van der Waals surface area contributed by atoms with Crippen molar-refractivity contribution in [1.82, 2.24) is 25.1 Å². The van der Waals surface area contributed by atoms with E-state index in [4.69, 9.17) is 16.3 Å². The van der Waals surface area contributed by atoms with Crippen LogP contribution in [0.15, 0.2) is 40.2 Å². The summed E-state index contributed by atoms with van der Waals surface area (Å²) < 4.78 is 20.5. The number of carbonyl (C=O) groups excluding carboxylic acids is 1. The van der Waals surface area contributed by atoms with Gasteiger partial charge in [-0.1, -0.05) is 11.6 Å². The third-order valence-electron chi connectivity index (χ3n) is 4.93. The van der Waals surface area contributed by atoms with Crippen LogP contribution < -0.4 is 16.6 Å². The number of aromatic amines is 1. The molecule has 1 saturated heterocycles. The summed E-state index contributed by atoms with van der Waals surface area (Å²) in [4.78, 5) is 42.8. The van der Waals surface area contributed by atoms with E-state index in [1.807, 2.05) is 0 Å². The summed E-state index contributed by atoms with van der Waals surface area (Å²) in [7, 11) is 0. The summed E-state index contributed by atoms with van der Waals surface area (Å²) in [5.74, 6) is -0.503. The van der Waals surface area contributed by atoms with Gasteiger partial charge in [-0.15, -0.1) is 11.3 Å². The zero-order chi connectivity index (χ0) is 22.0. The molecule has 3 aromatic heterocycles. The van der Waals surface area contributed by atoms with Gasteiger partial charge in [0.25, 0.3) is 11.5 Å². The summed E-state index contributed by atoms with van der Waals surface area (Å²) >= 11 is 7.14. The Balaban J connectivity index is 1.59. The highest BCUT2D eigenvalue weighted by molar-refractivity contribution is 7.10. The van der Waals surface area contributed by atoms with Crippen molar-refractivity contribution in [3.05, 3.63) is 72.0 Å². The number of ether oxygens (including phenoxy) is 1. The molecule has 0 bridgehead atoms. The van der Waals surface area contributed by atoms with E-state index in [9.17, 15) is 18.8 Å². The highest BCUT2D eigenvalue weighted by atomic mass is 35.5. The maximum absolute atomic E-state index is 13.6. The Morgan fingerprint density at radius 3 is 2.87 bits per heavy atom. The van der Waals surface area contributed by atoms with E-state index in [1.165, 1.54) is 18.3 Å². The number of rotatable bonds is 5. The molecule has 0 saturated carbocycles. The van der Waals surface area contributed by atoms with Crippen LogP contribution in [0.25, 0.3) is 5.82 Å². The predicted molar refractivity (Wildman–Crippen MR) is 111 cm³/mol. The van der Waals surface area contributed by atoms with Crippen molar-refractivity contribution < 1.29 is 13.9 Å². The molecule has 9 nitrogen and oxygen atoms in total. The first kappa shape index (κ1) is 21.3. The first-order chi connectivity index (χ1) is 14.9. The highest BCUT2D eigenvalue weighted by Crippen LogP contribution is 2.38. The smallest absolute Gasteiger partial charge is 0.351 e. The normalized spacial score (nSPS) is 18.6. The Morgan fingerprint density at radius 1 is 1.35 bits per heavy atom. The lowest BCUT2D eigenvalue weighted by Gasteiger charge is -2.36. The van der Waals surface area contributed by atoms with Gasteiger partial charge in [0.1, 0.15) is 11.8 Å². The van der Waals surface area contributed by atoms with Crippen LogP contribution in [0.2, 0.25) is 5.02 Å². The number of nitrogens with zero attached hydrogens (tertiary/aromatic N) is 3. The Hall–Kier alpha value is -2.89. The fraction of sp³-hybridized carbons (Fsp3) is 0.316. The van der Waals surface area contributed by atoms with Crippen LogP contribution in [0.4, 0.5) is 4.39 Å². The molecule has 12 heteroatoms. The average molecular weight is 466 g/mol. The van der Waals surface area contributed by atoms with Crippen molar-refractivity contribution in [2.45, 2.75) is 24.9 Å². The van der Waals surface area contributed by atoms with E-state index in [2.05, 4.69) is 20.4 Å². The number of hydrogen-bond donors (Lipinski definition) is 2. The van der Waals surface area contributed by atoms with E-state index in [0.717, 1.165) is 35.1 Å². The molecule has 4 rings (SSSR count). The van der Waals surface area contributed by atoms with E-state index in [1.54, 1.807) is 6.07 Å². The molecule has 2 N–H and O–H groups in total. The zero-order valence-corrected chi connectivity index (χ0v) is 17.6. The van der Waals surface area contributed by atoms with Crippen molar-refractivity contribution in [2.75, 3.05) is 13.2 Å². The average Bonchev–Trinajstić information content (AvgIpc) is 3.20. The van der Waals surface area contributed by atoms with Gasteiger partial charge >= 0.3 is 5.69 Å². The summed E-state index contributed by atoms with van der Waals surface area (Å²) in [6.45, 7) is 0.632. The van der Waals surface area contributed by atoms with Gasteiger partial charge in [-0.3, -0.25) is 14.6 Å². The second-order valence-corrected chi connectivity index (χ2v) is 8.40. The van der Waals surface area contributed by atoms with Gasteiger partial charge in [0.05, 0.1) is 17.1 Å². The number of thiophene rings is 1. The molecule has 1 unspecified atom stereocenters. The van der Waals surface area contributed by atoms with E-state index >= 15 is 0 Å². The van der Waals surface area contributed by atoms with E-state index in [0.29, 0.717) is 17.9 Å². The fourth-order valence-corrected chi connectivity index (χ4v) is 4.48. The molecule has 4 heterocycles. The van der Waals surface area contributed by atoms with Crippen molar-refractivity contribution in [2.24, 2.45) is 0 Å². The van der Waals surface area contributed by atoms with Crippen molar-refractivity contribution in [3.8, 4) is 5.82 Å². The lowest BCUT2D eigenvalue weighted by molar-refractivity contribution is -0.0784. The van der Waals surface area contributed by atoms with E-state index in [-0.39, 0.29) is 28.1 Å². The molecule has 3 aromatic rings. The number of aromatic nitrogens is 4. The third-order valence-corrected chi connectivity index (χ3v) is 6.29. The van der Waals surface area contributed by atoms with Gasteiger partial charge in [-0.2, -0.15) is 14.2 Å². The number of carbonyl (C=O) groups is 1. The molecule has 0 aliphatic carbocycles. The Morgan fingerprint density at radius 2 is 2.19 bits per heavy atom. The molecule has 162 valence electrons. The number of pyridine rings is 1. The second-order valence-electron chi connectivity index (χ2n) is 6.96. The maximum Gasteiger partial charge on any atom is 0.351 e.